The first kappa shape index (κ1) is 14.1. The second-order valence-electron chi connectivity index (χ2n) is 3.71. The van der Waals surface area contributed by atoms with E-state index in [0.717, 1.165) is 15.5 Å². The van der Waals surface area contributed by atoms with Gasteiger partial charge in [0.05, 0.1) is 26.6 Å². The summed E-state index contributed by atoms with van der Waals surface area (Å²) in [5.41, 5.74) is 0. The van der Waals surface area contributed by atoms with Gasteiger partial charge in [0.25, 0.3) is 7.37 Å². The largest absolute Gasteiger partial charge is 0.340 e. The van der Waals surface area contributed by atoms with Crippen molar-refractivity contribution in [1.29, 1.82) is 0 Å². The molecule has 6 nitrogen and oxygen atoms in total. The fraction of sp³-hybridized carbons (Fsp3) is 1.00. The Morgan fingerprint density at radius 3 is 2.14 bits per heavy atom. The molecule has 0 saturated heterocycles. The Balaban J connectivity index is 4.45. The maximum atomic E-state index is 11.5. The molecule has 0 aliphatic rings. The third-order valence-electron chi connectivity index (χ3n) is 1.55. The molecule has 0 aliphatic carbocycles. The highest BCUT2D eigenvalue weighted by molar-refractivity contribution is 7.88. The second-order valence-corrected chi connectivity index (χ2v) is 8.09. The molecule has 0 radical (unpaired) electrons. The third kappa shape index (κ3) is 5.72. The topological polar surface area (TPSA) is 79.1 Å². The molecule has 0 spiro atoms. The number of nitrogens with zero attached hydrogens (tertiary/aromatic N) is 1. The van der Waals surface area contributed by atoms with Crippen molar-refractivity contribution >= 4 is 17.4 Å². The molecule has 0 aliphatic heterocycles. The van der Waals surface area contributed by atoms with Crippen molar-refractivity contribution < 1.29 is 22.8 Å². The van der Waals surface area contributed by atoms with Crippen LogP contribution in [0.1, 0.15) is 0 Å². The smallest absolute Gasteiger partial charge is 0.267 e. The van der Waals surface area contributed by atoms with E-state index in [-0.39, 0.29) is 12.6 Å². The van der Waals surface area contributed by atoms with Crippen molar-refractivity contribution in [1.82, 2.24) is 4.31 Å². The molecule has 0 rings (SSSR count). The normalized spacial score (nSPS) is 17.4. The van der Waals surface area contributed by atoms with Crippen LogP contribution in [0.2, 0.25) is 0 Å². The van der Waals surface area contributed by atoms with Gasteiger partial charge in [0.1, 0.15) is 0 Å². The molecule has 86 valence electrons. The number of quaternary nitrogens is 1. The number of nitrogens with one attached hydrogen (secondary N) is 1. The van der Waals surface area contributed by atoms with Gasteiger partial charge in [0.2, 0.25) is 10.0 Å². The van der Waals surface area contributed by atoms with Crippen LogP contribution in [-0.4, -0.2) is 57.6 Å². The van der Waals surface area contributed by atoms with E-state index in [1.54, 1.807) is 14.1 Å². The Morgan fingerprint density at radius 2 is 1.86 bits per heavy atom. The molecule has 1 atom stereocenters. The van der Waals surface area contributed by atoms with Gasteiger partial charge < -0.3 is 9.79 Å². The van der Waals surface area contributed by atoms with Gasteiger partial charge in [-0.05, 0) is 0 Å². The minimum atomic E-state index is -3.39. The van der Waals surface area contributed by atoms with Gasteiger partial charge in [-0.15, -0.1) is 0 Å². The summed E-state index contributed by atoms with van der Waals surface area (Å²) >= 11 is 0. The van der Waals surface area contributed by atoms with Gasteiger partial charge >= 0.3 is 0 Å². The Bertz CT molecular complexity index is 327. The lowest BCUT2D eigenvalue weighted by molar-refractivity contribution is -0.846. The lowest BCUT2D eigenvalue weighted by atomic mass is 11.0. The molecule has 0 amide bonds. The summed E-state index contributed by atoms with van der Waals surface area (Å²) in [4.78, 5) is 10.3. The number of hydrogen-bond donors (Lipinski definition) is 2. The number of rotatable bonds is 5. The summed E-state index contributed by atoms with van der Waals surface area (Å²) in [6.45, 7) is 0. The molecule has 0 heterocycles. The molecule has 0 bridgehead atoms. The minimum absolute atomic E-state index is 0.0624. The fourth-order valence-corrected chi connectivity index (χ4v) is 4.05. The first-order valence-corrected chi connectivity index (χ1v) is 7.93. The van der Waals surface area contributed by atoms with Crippen LogP contribution in [0.15, 0.2) is 0 Å². The maximum Gasteiger partial charge on any atom is 0.267 e. The van der Waals surface area contributed by atoms with Crippen molar-refractivity contribution in [2.75, 3.05) is 40.0 Å². The van der Waals surface area contributed by atoms with E-state index in [0.29, 0.717) is 0 Å². The predicted octanol–water partition coefficient (Wildman–Crippen LogP) is -1.79. The van der Waals surface area contributed by atoms with Crippen LogP contribution in [0.4, 0.5) is 0 Å². The molecule has 0 saturated carbocycles. The van der Waals surface area contributed by atoms with Crippen LogP contribution < -0.4 is 4.90 Å². The Morgan fingerprint density at radius 1 is 1.43 bits per heavy atom. The molecule has 2 N–H and O–H groups in total. The SMILES string of the molecule is CN(CP(=O)(O)C[NH+](C)C)S(C)(=O)=O. The highest BCUT2D eigenvalue weighted by Gasteiger charge is 2.27. The monoisotopic (exact) mass is 245 g/mol. The summed E-state index contributed by atoms with van der Waals surface area (Å²) in [6.07, 6.45) is 0.749. The quantitative estimate of drug-likeness (QED) is 0.561. The van der Waals surface area contributed by atoms with Crippen molar-refractivity contribution in [2.45, 2.75) is 0 Å². The van der Waals surface area contributed by atoms with E-state index in [4.69, 9.17) is 0 Å². The molecular weight excluding hydrogens is 227 g/mol. The molecule has 0 fully saturated rings. The van der Waals surface area contributed by atoms with E-state index in [1.807, 2.05) is 0 Å². The number of hydrogen-bond acceptors (Lipinski definition) is 3. The van der Waals surface area contributed by atoms with Crippen LogP contribution in [-0.2, 0) is 14.6 Å². The van der Waals surface area contributed by atoms with Gasteiger partial charge in [0, 0.05) is 7.05 Å². The summed E-state index contributed by atoms with van der Waals surface area (Å²) < 4.78 is 34.4. The lowest BCUT2D eigenvalue weighted by Crippen LogP contribution is -3.05. The van der Waals surface area contributed by atoms with Gasteiger partial charge in [-0.3, -0.25) is 4.57 Å². The van der Waals surface area contributed by atoms with Crippen molar-refractivity contribution in [3.63, 3.8) is 0 Å². The summed E-state index contributed by atoms with van der Waals surface area (Å²) in [6, 6.07) is 0. The first-order valence-electron chi connectivity index (χ1n) is 4.06. The van der Waals surface area contributed by atoms with Crippen LogP contribution in [0.25, 0.3) is 0 Å². The van der Waals surface area contributed by atoms with Gasteiger partial charge in [-0.1, -0.05) is 0 Å². The molecular formula is C6H18N2O4PS+. The van der Waals surface area contributed by atoms with Gasteiger partial charge in [-0.25, -0.2) is 8.42 Å². The molecule has 0 aromatic rings. The van der Waals surface area contributed by atoms with Crippen LogP contribution in [0.3, 0.4) is 0 Å². The van der Waals surface area contributed by atoms with Crippen molar-refractivity contribution in [3.8, 4) is 0 Å². The average molecular weight is 245 g/mol. The van der Waals surface area contributed by atoms with Crippen molar-refractivity contribution in [2.24, 2.45) is 0 Å². The molecule has 8 heteroatoms. The Kier molecular flexibility index (Phi) is 4.74. The zero-order chi connectivity index (χ0) is 11.6. The van der Waals surface area contributed by atoms with E-state index >= 15 is 0 Å². The molecule has 1 unspecified atom stereocenters. The third-order valence-corrected chi connectivity index (χ3v) is 5.00. The zero-order valence-corrected chi connectivity index (χ0v) is 10.6. The van der Waals surface area contributed by atoms with Gasteiger partial charge in [-0.2, -0.15) is 4.31 Å². The number of sulfonamides is 1. The van der Waals surface area contributed by atoms with Crippen molar-refractivity contribution in [3.05, 3.63) is 0 Å². The van der Waals surface area contributed by atoms with E-state index in [1.165, 1.54) is 7.05 Å². The predicted molar refractivity (Wildman–Crippen MR) is 55.0 cm³/mol. The maximum absolute atomic E-state index is 11.5. The van der Waals surface area contributed by atoms with E-state index in [9.17, 15) is 17.9 Å². The van der Waals surface area contributed by atoms with E-state index < -0.39 is 17.4 Å². The molecule has 0 aromatic carbocycles. The summed E-state index contributed by atoms with van der Waals surface area (Å²) in [5.74, 6) is 0. The summed E-state index contributed by atoms with van der Waals surface area (Å²) in [7, 11) is -2.00. The van der Waals surface area contributed by atoms with Crippen LogP contribution in [0.5, 0.6) is 0 Å². The molecule has 14 heavy (non-hydrogen) atoms. The van der Waals surface area contributed by atoms with Crippen LogP contribution in [0, 0.1) is 0 Å². The lowest BCUT2D eigenvalue weighted by Gasteiger charge is -2.19. The average Bonchev–Trinajstić information content (AvgIpc) is 1.79. The first-order chi connectivity index (χ1) is 6.04. The van der Waals surface area contributed by atoms with Gasteiger partial charge in [0.15, 0.2) is 6.29 Å². The Labute approximate surface area is 85.0 Å². The van der Waals surface area contributed by atoms with Crippen LogP contribution >= 0.6 is 7.37 Å². The Hall–Kier alpha value is 0.0600. The fourth-order valence-electron chi connectivity index (χ4n) is 0.960. The molecule has 0 aromatic heterocycles. The minimum Gasteiger partial charge on any atom is -0.340 e. The van der Waals surface area contributed by atoms with E-state index in [2.05, 4.69) is 0 Å². The standard InChI is InChI=1S/C6H17N2O4PS/c1-7(2)5-13(9,10)6-8(3)14(4,11)12/h5-6H2,1-4H3,(H,9,10)/p+1. The zero-order valence-electron chi connectivity index (χ0n) is 8.89. The highest BCUT2D eigenvalue weighted by Crippen LogP contribution is 2.38. The highest BCUT2D eigenvalue weighted by atomic mass is 32.2. The summed E-state index contributed by atoms with van der Waals surface area (Å²) in [5, 5.41) is 0. The second kappa shape index (κ2) is 4.72.